The van der Waals surface area contributed by atoms with Crippen molar-refractivity contribution in [2.75, 3.05) is 24.3 Å². The lowest BCUT2D eigenvalue weighted by molar-refractivity contribution is -0.137. The topological polar surface area (TPSA) is 79.5 Å². The highest BCUT2D eigenvalue weighted by Gasteiger charge is 2.30. The third-order valence-electron chi connectivity index (χ3n) is 5.03. The molecule has 0 unspecified atom stereocenters. The predicted octanol–water partition coefficient (Wildman–Crippen LogP) is 5.26. The molecule has 0 radical (unpaired) electrons. The summed E-state index contributed by atoms with van der Waals surface area (Å²) < 4.78 is 44.0. The normalized spacial score (nSPS) is 12.0. The number of rotatable bonds is 8. The first-order valence-corrected chi connectivity index (χ1v) is 10.4. The lowest BCUT2D eigenvalue weighted by Gasteiger charge is -2.17. The predicted molar refractivity (Wildman–Crippen MR) is 124 cm³/mol. The first-order chi connectivity index (χ1) is 16.2. The van der Waals surface area contributed by atoms with Gasteiger partial charge in [-0.05, 0) is 49.4 Å². The molecule has 3 aromatic rings. The number of hydrogen-bond acceptors (Lipinski definition) is 4. The summed E-state index contributed by atoms with van der Waals surface area (Å²) in [4.78, 5) is 24.9. The fraction of sp³-hybridized carbons (Fsp3) is 0.200. The molecule has 0 aliphatic rings. The Hall–Kier alpha value is -3.85. The van der Waals surface area contributed by atoms with Crippen LogP contribution in [-0.4, -0.2) is 25.5 Å². The average molecular weight is 471 g/mol. The van der Waals surface area contributed by atoms with Gasteiger partial charge in [-0.15, -0.1) is 0 Å². The van der Waals surface area contributed by atoms with Crippen LogP contribution in [0.3, 0.4) is 0 Å². The first-order valence-electron chi connectivity index (χ1n) is 10.4. The third kappa shape index (κ3) is 6.58. The van der Waals surface area contributed by atoms with Crippen molar-refractivity contribution in [2.24, 2.45) is 0 Å². The van der Waals surface area contributed by atoms with Gasteiger partial charge < -0.3 is 20.7 Å². The zero-order chi connectivity index (χ0) is 24.7. The van der Waals surface area contributed by atoms with E-state index in [0.29, 0.717) is 11.4 Å². The number of amides is 2. The van der Waals surface area contributed by atoms with Gasteiger partial charge in [-0.3, -0.25) is 9.59 Å². The highest BCUT2D eigenvalue weighted by Crippen LogP contribution is 2.30. The molecule has 3 aromatic carbocycles. The Morgan fingerprint density at radius 3 is 2.29 bits per heavy atom. The third-order valence-corrected chi connectivity index (χ3v) is 5.03. The first kappa shape index (κ1) is 24.8. The van der Waals surface area contributed by atoms with E-state index in [0.717, 1.165) is 17.7 Å². The molecule has 2 amide bonds. The van der Waals surface area contributed by atoms with E-state index in [1.807, 2.05) is 31.2 Å². The Balaban J connectivity index is 1.59. The van der Waals surface area contributed by atoms with Gasteiger partial charge in [0, 0.05) is 28.5 Å². The van der Waals surface area contributed by atoms with Crippen LogP contribution in [0.4, 0.5) is 24.5 Å². The minimum absolute atomic E-state index is 0.0138. The molecule has 0 saturated heterocycles. The van der Waals surface area contributed by atoms with Crippen molar-refractivity contribution in [1.29, 1.82) is 0 Å². The fourth-order valence-electron chi connectivity index (χ4n) is 3.30. The van der Waals surface area contributed by atoms with Crippen LogP contribution in [0, 0.1) is 0 Å². The molecule has 178 valence electrons. The van der Waals surface area contributed by atoms with Crippen molar-refractivity contribution in [3.63, 3.8) is 0 Å². The molecule has 9 heteroatoms. The number of hydrogen-bond donors (Lipinski definition) is 3. The second-order valence-corrected chi connectivity index (χ2v) is 7.51. The maximum absolute atomic E-state index is 12.9. The maximum Gasteiger partial charge on any atom is 0.416 e. The van der Waals surface area contributed by atoms with Crippen molar-refractivity contribution in [3.8, 4) is 5.75 Å². The van der Waals surface area contributed by atoms with Crippen LogP contribution in [0.5, 0.6) is 5.75 Å². The molecule has 0 aliphatic heterocycles. The molecule has 0 bridgehead atoms. The van der Waals surface area contributed by atoms with Crippen molar-refractivity contribution in [3.05, 3.63) is 89.5 Å². The number of halogens is 3. The van der Waals surface area contributed by atoms with E-state index in [2.05, 4.69) is 16.0 Å². The van der Waals surface area contributed by atoms with Gasteiger partial charge in [0.15, 0.2) is 0 Å². The molecule has 3 rings (SSSR count). The molecule has 6 nitrogen and oxygen atoms in total. The summed E-state index contributed by atoms with van der Waals surface area (Å²) in [7, 11) is 1.58. The fourth-order valence-corrected chi connectivity index (χ4v) is 3.30. The molecular weight excluding hydrogens is 447 g/mol. The van der Waals surface area contributed by atoms with Gasteiger partial charge in [0.1, 0.15) is 5.75 Å². The molecule has 3 N–H and O–H groups in total. The van der Waals surface area contributed by atoms with Gasteiger partial charge in [0.05, 0.1) is 19.2 Å². The second kappa shape index (κ2) is 10.8. The minimum Gasteiger partial charge on any atom is -0.496 e. The molecule has 0 heterocycles. The Kier molecular flexibility index (Phi) is 7.91. The molecule has 0 aliphatic carbocycles. The number of methoxy groups -OCH3 is 1. The molecule has 34 heavy (non-hydrogen) atoms. The molecule has 1 atom stereocenters. The number of ether oxygens (including phenoxy) is 1. The van der Waals surface area contributed by atoms with Crippen molar-refractivity contribution in [1.82, 2.24) is 5.32 Å². The molecule has 0 spiro atoms. The summed E-state index contributed by atoms with van der Waals surface area (Å²) in [6.07, 6.45) is -4.51. The SMILES string of the molecule is COc1ccccc1[C@H](C)NCC(=O)Nc1cccc(C(=O)Nc2cccc(C(F)(F)F)c2)c1. The maximum atomic E-state index is 12.9. The van der Waals surface area contributed by atoms with Crippen LogP contribution in [-0.2, 0) is 11.0 Å². The number of anilines is 2. The van der Waals surface area contributed by atoms with Crippen LogP contribution in [0.2, 0.25) is 0 Å². The summed E-state index contributed by atoms with van der Waals surface area (Å²) in [6.45, 7) is 1.92. The Morgan fingerprint density at radius 1 is 0.912 bits per heavy atom. The quantitative estimate of drug-likeness (QED) is 0.419. The Bertz CT molecular complexity index is 1170. The van der Waals surface area contributed by atoms with E-state index in [1.165, 1.54) is 24.3 Å². The van der Waals surface area contributed by atoms with E-state index in [4.69, 9.17) is 4.74 Å². The number of benzene rings is 3. The summed E-state index contributed by atoms with van der Waals surface area (Å²) in [5.74, 6) is -0.210. The van der Waals surface area contributed by atoms with Crippen LogP contribution in [0.15, 0.2) is 72.8 Å². The molecule has 0 aromatic heterocycles. The average Bonchev–Trinajstić information content (AvgIpc) is 2.82. The van der Waals surface area contributed by atoms with Crippen LogP contribution < -0.4 is 20.7 Å². The monoisotopic (exact) mass is 471 g/mol. The van der Waals surface area contributed by atoms with Crippen LogP contribution in [0.25, 0.3) is 0 Å². The van der Waals surface area contributed by atoms with Crippen molar-refractivity contribution >= 4 is 23.2 Å². The summed E-state index contributed by atoms with van der Waals surface area (Å²) in [5, 5.41) is 8.27. The standard InChI is InChI=1S/C25H24F3N3O3/c1-16(21-11-3-4-12-22(21)34-2)29-15-23(32)30-19-9-5-7-17(13-19)24(33)31-20-10-6-8-18(14-20)25(26,27)28/h3-14,16,29H,15H2,1-2H3,(H,30,32)(H,31,33)/t16-/m0/s1. The van der Waals surface area contributed by atoms with Gasteiger partial charge in [0.25, 0.3) is 5.91 Å². The lowest BCUT2D eigenvalue weighted by Crippen LogP contribution is -2.30. The van der Waals surface area contributed by atoms with E-state index in [-0.39, 0.29) is 29.7 Å². The van der Waals surface area contributed by atoms with Gasteiger partial charge >= 0.3 is 6.18 Å². The van der Waals surface area contributed by atoms with Crippen molar-refractivity contribution in [2.45, 2.75) is 19.1 Å². The Morgan fingerprint density at radius 2 is 1.59 bits per heavy atom. The molecule has 0 saturated carbocycles. The number of para-hydroxylation sites is 1. The number of carbonyl (C=O) groups excluding carboxylic acids is 2. The minimum atomic E-state index is -4.51. The van der Waals surface area contributed by atoms with Crippen LogP contribution >= 0.6 is 0 Å². The van der Waals surface area contributed by atoms with Gasteiger partial charge in [-0.25, -0.2) is 0 Å². The van der Waals surface area contributed by atoms with Gasteiger partial charge in [-0.2, -0.15) is 13.2 Å². The summed E-state index contributed by atoms with van der Waals surface area (Å²) >= 11 is 0. The van der Waals surface area contributed by atoms with E-state index < -0.39 is 17.6 Å². The summed E-state index contributed by atoms with van der Waals surface area (Å²) in [5.41, 5.74) is 0.634. The molecule has 0 fully saturated rings. The highest BCUT2D eigenvalue weighted by atomic mass is 19.4. The second-order valence-electron chi connectivity index (χ2n) is 7.51. The van der Waals surface area contributed by atoms with E-state index >= 15 is 0 Å². The summed E-state index contributed by atoms with van der Waals surface area (Å²) in [6, 6.07) is 17.8. The van der Waals surface area contributed by atoms with Crippen LogP contribution in [0.1, 0.15) is 34.5 Å². The van der Waals surface area contributed by atoms with Crippen molar-refractivity contribution < 1.29 is 27.5 Å². The molecular formula is C25H24F3N3O3. The number of alkyl halides is 3. The van der Waals surface area contributed by atoms with E-state index in [1.54, 1.807) is 19.2 Å². The zero-order valence-electron chi connectivity index (χ0n) is 18.6. The zero-order valence-corrected chi connectivity index (χ0v) is 18.6. The smallest absolute Gasteiger partial charge is 0.416 e. The highest BCUT2D eigenvalue weighted by molar-refractivity contribution is 6.05. The Labute approximate surface area is 195 Å². The van der Waals surface area contributed by atoms with Gasteiger partial charge in [0.2, 0.25) is 5.91 Å². The number of carbonyl (C=O) groups is 2. The number of nitrogens with one attached hydrogen (secondary N) is 3. The lowest BCUT2D eigenvalue weighted by atomic mass is 10.1. The largest absolute Gasteiger partial charge is 0.496 e. The van der Waals surface area contributed by atoms with Gasteiger partial charge in [-0.1, -0.05) is 30.3 Å². The van der Waals surface area contributed by atoms with E-state index in [9.17, 15) is 22.8 Å².